The van der Waals surface area contributed by atoms with Crippen molar-refractivity contribution in [3.05, 3.63) is 0 Å². The zero-order chi connectivity index (χ0) is 7.71. The van der Waals surface area contributed by atoms with Crippen molar-refractivity contribution in [3.8, 4) is 0 Å². The predicted molar refractivity (Wildman–Crippen MR) is 22.0 cm³/mol. The van der Waals surface area contributed by atoms with E-state index in [9.17, 15) is 13.2 Å². The van der Waals surface area contributed by atoms with Crippen LogP contribution in [-0.2, 0) is 4.84 Å². The van der Waals surface area contributed by atoms with Crippen molar-refractivity contribution in [2.45, 2.75) is 18.9 Å². The van der Waals surface area contributed by atoms with E-state index in [1.165, 1.54) is 0 Å². The van der Waals surface area contributed by atoms with Crippen LogP contribution in [0.3, 0.4) is 0 Å². The van der Waals surface area contributed by atoms with E-state index >= 15 is 0 Å². The number of rotatable bonds is 1. The number of nitrogens with two attached hydrogens (primary N) is 1. The minimum Gasteiger partial charge on any atom is -0.358 e. The molecular weight excluding hydrogens is 139 g/mol. The highest BCUT2D eigenvalue weighted by Gasteiger charge is 2.51. The van der Waals surface area contributed by atoms with Crippen LogP contribution in [0.2, 0.25) is 0 Å². The average Bonchev–Trinajstić information content (AvgIpc) is 1.64. The molecule has 0 radical (unpaired) electrons. The molecule has 0 aliphatic heterocycles. The second-order valence-electron chi connectivity index (χ2n) is 1.60. The fraction of sp³-hybridized carbons (Fsp3) is 1.00. The van der Waals surface area contributed by atoms with Gasteiger partial charge in [-0.05, 0) is 0 Å². The normalized spacial score (nSPS) is 19.3. The Bertz CT molecular complexity index is 99.7. The fourth-order valence-electron chi connectivity index (χ4n) is 0.0668. The summed E-state index contributed by atoms with van der Waals surface area (Å²) >= 11 is 0. The van der Waals surface area contributed by atoms with Gasteiger partial charge in [0.2, 0.25) is 0 Å². The van der Waals surface area contributed by atoms with Gasteiger partial charge in [-0.3, -0.25) is 4.84 Å². The molecule has 3 N–H and O–H groups in total. The molecule has 0 spiro atoms. The molecule has 1 atom stereocenters. The lowest BCUT2D eigenvalue weighted by Gasteiger charge is -2.22. The van der Waals surface area contributed by atoms with Crippen molar-refractivity contribution in [3.63, 3.8) is 0 Å². The third-order valence-corrected chi connectivity index (χ3v) is 0.755. The summed E-state index contributed by atoms with van der Waals surface area (Å²) in [5.74, 6) is 0.879. The van der Waals surface area contributed by atoms with Gasteiger partial charge in [-0.2, -0.15) is 13.2 Å². The molecule has 0 saturated heterocycles. The van der Waals surface area contributed by atoms with Crippen molar-refractivity contribution >= 4 is 0 Å². The molecule has 0 bridgehead atoms. The monoisotopic (exact) mass is 145 g/mol. The van der Waals surface area contributed by atoms with Gasteiger partial charge < -0.3 is 5.11 Å². The summed E-state index contributed by atoms with van der Waals surface area (Å²) in [4.78, 5) is 3.23. The maximum absolute atomic E-state index is 11.4. The first kappa shape index (κ1) is 8.67. The molecule has 1 unspecified atom stereocenters. The first-order valence-corrected chi connectivity index (χ1v) is 1.98. The molecule has 0 aliphatic rings. The Morgan fingerprint density at radius 2 is 1.78 bits per heavy atom. The van der Waals surface area contributed by atoms with Crippen LogP contribution in [0, 0.1) is 0 Å². The van der Waals surface area contributed by atoms with Crippen molar-refractivity contribution in [1.29, 1.82) is 0 Å². The molecule has 3 nitrogen and oxygen atoms in total. The van der Waals surface area contributed by atoms with Gasteiger partial charge in [0.15, 0.2) is 0 Å². The molecule has 9 heavy (non-hydrogen) atoms. The largest absolute Gasteiger partial charge is 0.444 e. The van der Waals surface area contributed by atoms with Crippen molar-refractivity contribution in [1.82, 2.24) is 0 Å². The number of hydrogen-bond acceptors (Lipinski definition) is 3. The number of alkyl halides is 3. The molecule has 0 saturated carbocycles. The summed E-state index contributed by atoms with van der Waals surface area (Å²) in [6, 6.07) is 0. The quantitative estimate of drug-likeness (QED) is 0.407. The van der Waals surface area contributed by atoms with E-state index < -0.39 is 12.0 Å². The van der Waals surface area contributed by atoms with Gasteiger partial charge in [0, 0.05) is 6.92 Å². The Hall–Kier alpha value is -0.330. The standard InChI is InChI=1S/C3H6F3NO2/c1-2(8,9-7)3(4,5)6/h8H,7H2,1H3. The topological polar surface area (TPSA) is 55.5 Å². The van der Waals surface area contributed by atoms with Crippen molar-refractivity contribution in [2.24, 2.45) is 5.90 Å². The highest BCUT2D eigenvalue weighted by molar-refractivity contribution is 4.68. The van der Waals surface area contributed by atoms with E-state index in [2.05, 4.69) is 10.7 Å². The lowest BCUT2D eigenvalue weighted by Crippen LogP contribution is -2.46. The highest BCUT2D eigenvalue weighted by atomic mass is 19.4. The van der Waals surface area contributed by atoms with Gasteiger partial charge in [0.05, 0.1) is 0 Å². The molecule has 0 heterocycles. The van der Waals surface area contributed by atoms with Gasteiger partial charge in [-0.1, -0.05) is 0 Å². The third kappa shape index (κ3) is 1.81. The molecule has 0 rings (SSSR count). The molecule has 56 valence electrons. The predicted octanol–water partition coefficient (Wildman–Crippen LogP) is 0.148. The molecule has 0 aromatic carbocycles. The molecule has 0 amide bonds. The average molecular weight is 145 g/mol. The van der Waals surface area contributed by atoms with Crippen LogP contribution in [0.1, 0.15) is 6.92 Å². The Morgan fingerprint density at radius 1 is 1.44 bits per heavy atom. The summed E-state index contributed by atoms with van der Waals surface area (Å²) in [7, 11) is 0. The van der Waals surface area contributed by atoms with E-state index in [4.69, 9.17) is 5.11 Å². The van der Waals surface area contributed by atoms with E-state index in [-0.39, 0.29) is 0 Å². The zero-order valence-corrected chi connectivity index (χ0v) is 4.57. The van der Waals surface area contributed by atoms with E-state index in [1.807, 2.05) is 0 Å². The highest BCUT2D eigenvalue weighted by Crippen LogP contribution is 2.29. The molecular formula is C3H6F3NO2. The maximum atomic E-state index is 11.4. The Labute approximate surface area is 49.2 Å². The first-order valence-electron chi connectivity index (χ1n) is 1.98. The Kier molecular flexibility index (Phi) is 2.05. The second-order valence-corrected chi connectivity index (χ2v) is 1.60. The summed E-state index contributed by atoms with van der Waals surface area (Å²) < 4.78 is 34.1. The summed E-state index contributed by atoms with van der Waals surface area (Å²) in [6.45, 7) is 0.410. The molecule has 6 heteroatoms. The van der Waals surface area contributed by atoms with E-state index in [0.717, 1.165) is 0 Å². The minimum absolute atomic E-state index is 0.410. The fourth-order valence-corrected chi connectivity index (χ4v) is 0.0668. The van der Waals surface area contributed by atoms with Gasteiger partial charge in [-0.25, -0.2) is 5.90 Å². The van der Waals surface area contributed by atoms with Gasteiger partial charge >= 0.3 is 6.18 Å². The number of hydrogen-bond donors (Lipinski definition) is 2. The van der Waals surface area contributed by atoms with Crippen molar-refractivity contribution < 1.29 is 23.1 Å². The lowest BCUT2D eigenvalue weighted by molar-refractivity contribution is -0.358. The lowest BCUT2D eigenvalue weighted by atomic mass is 10.3. The van der Waals surface area contributed by atoms with Gasteiger partial charge in [0.1, 0.15) is 0 Å². The maximum Gasteiger partial charge on any atom is 0.444 e. The van der Waals surface area contributed by atoms with Crippen LogP contribution in [0.15, 0.2) is 0 Å². The van der Waals surface area contributed by atoms with Crippen LogP contribution >= 0.6 is 0 Å². The van der Waals surface area contributed by atoms with Gasteiger partial charge in [0.25, 0.3) is 5.79 Å². The van der Waals surface area contributed by atoms with Gasteiger partial charge in [-0.15, -0.1) is 0 Å². The summed E-state index contributed by atoms with van der Waals surface area (Å²) in [5, 5.41) is 8.19. The first-order chi connectivity index (χ1) is 3.81. The zero-order valence-electron chi connectivity index (χ0n) is 4.57. The molecule has 0 aliphatic carbocycles. The van der Waals surface area contributed by atoms with Crippen LogP contribution < -0.4 is 5.90 Å². The summed E-state index contributed by atoms with van der Waals surface area (Å²) in [6.07, 6.45) is -4.85. The van der Waals surface area contributed by atoms with Crippen LogP contribution in [0.25, 0.3) is 0 Å². The SMILES string of the molecule is CC(O)(ON)C(F)(F)F. The van der Waals surface area contributed by atoms with Crippen LogP contribution in [0.5, 0.6) is 0 Å². The van der Waals surface area contributed by atoms with Crippen molar-refractivity contribution in [2.75, 3.05) is 0 Å². The number of aliphatic hydroxyl groups is 1. The van der Waals surface area contributed by atoms with Crippen LogP contribution in [0.4, 0.5) is 13.2 Å². The van der Waals surface area contributed by atoms with E-state index in [0.29, 0.717) is 6.92 Å². The van der Waals surface area contributed by atoms with E-state index in [1.54, 1.807) is 0 Å². The smallest absolute Gasteiger partial charge is 0.358 e. The third-order valence-electron chi connectivity index (χ3n) is 0.755. The molecule has 0 fully saturated rings. The number of halogens is 3. The Balaban J connectivity index is 4.14. The minimum atomic E-state index is -4.85. The molecule has 0 aromatic heterocycles. The second kappa shape index (κ2) is 2.13. The van der Waals surface area contributed by atoms with Crippen LogP contribution in [-0.4, -0.2) is 17.1 Å². The molecule has 0 aromatic rings. The summed E-state index contributed by atoms with van der Waals surface area (Å²) in [5.41, 5.74) is 0. The Morgan fingerprint density at radius 3 is 1.78 bits per heavy atom.